The molecule has 0 atom stereocenters. The molecule has 1 aromatic carbocycles. The summed E-state index contributed by atoms with van der Waals surface area (Å²) >= 11 is 0. The zero-order valence-electron chi connectivity index (χ0n) is 14.0. The summed E-state index contributed by atoms with van der Waals surface area (Å²) in [6.07, 6.45) is 2.50. The van der Waals surface area contributed by atoms with Gasteiger partial charge in [-0.25, -0.2) is 0 Å². The van der Waals surface area contributed by atoms with Crippen molar-refractivity contribution in [1.82, 2.24) is 9.88 Å². The van der Waals surface area contributed by atoms with Crippen molar-refractivity contribution in [1.29, 1.82) is 0 Å². The topological polar surface area (TPSA) is 74.8 Å². The minimum absolute atomic E-state index is 0.276. The van der Waals surface area contributed by atoms with Crippen LogP contribution in [0, 0.1) is 0 Å². The van der Waals surface area contributed by atoms with Gasteiger partial charge in [-0.05, 0) is 24.3 Å². The van der Waals surface area contributed by atoms with Gasteiger partial charge in [0.05, 0.1) is 7.11 Å². The second-order valence-corrected chi connectivity index (χ2v) is 5.71. The van der Waals surface area contributed by atoms with Crippen molar-refractivity contribution >= 4 is 23.7 Å². The highest BCUT2D eigenvalue weighted by molar-refractivity contribution is 6.03. The second kappa shape index (κ2) is 7.65. The summed E-state index contributed by atoms with van der Waals surface area (Å²) in [4.78, 5) is 31.3. The van der Waals surface area contributed by atoms with E-state index in [0.717, 1.165) is 25.2 Å². The number of ether oxygens (including phenoxy) is 1. The maximum atomic E-state index is 12.5. The fourth-order valence-corrected chi connectivity index (χ4v) is 2.72. The molecule has 0 saturated carbocycles. The Hall–Kier alpha value is -3.09. The van der Waals surface area contributed by atoms with Crippen molar-refractivity contribution in [3.8, 4) is 5.75 Å². The van der Waals surface area contributed by atoms with Crippen LogP contribution in [0.3, 0.4) is 0 Å². The lowest BCUT2D eigenvalue weighted by molar-refractivity contribution is -0.118. The van der Waals surface area contributed by atoms with Gasteiger partial charge >= 0.3 is 0 Å². The molecule has 1 aliphatic rings. The molecule has 2 heterocycles. The standard InChI is InChI=1S/C18H20N4O3/c1-25-16-4-2-3-14(11-16)20-18(24)17-12-15(5-6-19-17)22-9-7-21(13-23)8-10-22/h2-6,11-13H,7-10H2,1H3,(H,20,24). The molecule has 130 valence electrons. The average molecular weight is 340 g/mol. The Kier molecular flexibility index (Phi) is 5.13. The van der Waals surface area contributed by atoms with Crippen LogP contribution in [0.2, 0.25) is 0 Å². The van der Waals surface area contributed by atoms with Crippen LogP contribution in [0.1, 0.15) is 10.5 Å². The SMILES string of the molecule is COc1cccc(NC(=O)c2cc(N3CCN(C=O)CC3)ccn2)c1. The number of benzene rings is 1. The zero-order valence-corrected chi connectivity index (χ0v) is 14.0. The molecular formula is C18H20N4O3. The number of carbonyl (C=O) groups is 2. The summed E-state index contributed by atoms with van der Waals surface area (Å²) in [6.45, 7) is 2.83. The first-order valence-electron chi connectivity index (χ1n) is 8.05. The Balaban J connectivity index is 1.70. The number of amides is 2. The van der Waals surface area contributed by atoms with E-state index in [2.05, 4.69) is 15.2 Å². The van der Waals surface area contributed by atoms with Gasteiger partial charge in [-0.1, -0.05) is 6.07 Å². The first-order valence-corrected chi connectivity index (χ1v) is 8.05. The van der Waals surface area contributed by atoms with Gasteiger partial charge in [0, 0.05) is 49.8 Å². The first-order chi connectivity index (χ1) is 12.2. The minimum Gasteiger partial charge on any atom is -0.497 e. The van der Waals surface area contributed by atoms with E-state index in [0.29, 0.717) is 30.2 Å². The number of methoxy groups -OCH3 is 1. The number of anilines is 2. The highest BCUT2D eigenvalue weighted by Gasteiger charge is 2.17. The van der Waals surface area contributed by atoms with Crippen molar-refractivity contribution in [3.63, 3.8) is 0 Å². The number of hydrogen-bond acceptors (Lipinski definition) is 5. The Morgan fingerprint density at radius 2 is 2.00 bits per heavy atom. The summed E-state index contributed by atoms with van der Waals surface area (Å²) in [7, 11) is 1.58. The van der Waals surface area contributed by atoms with Crippen molar-refractivity contribution < 1.29 is 14.3 Å². The molecule has 3 rings (SSSR count). The maximum absolute atomic E-state index is 12.5. The highest BCUT2D eigenvalue weighted by Crippen LogP contribution is 2.19. The van der Waals surface area contributed by atoms with Crippen LogP contribution in [0.15, 0.2) is 42.6 Å². The van der Waals surface area contributed by atoms with E-state index in [1.807, 2.05) is 18.2 Å². The third-order valence-corrected chi connectivity index (χ3v) is 4.13. The lowest BCUT2D eigenvalue weighted by Crippen LogP contribution is -2.45. The van der Waals surface area contributed by atoms with E-state index in [1.54, 1.807) is 36.4 Å². The zero-order chi connectivity index (χ0) is 17.6. The summed E-state index contributed by atoms with van der Waals surface area (Å²) in [5.41, 5.74) is 1.92. The number of carbonyl (C=O) groups excluding carboxylic acids is 2. The molecule has 0 aliphatic carbocycles. The van der Waals surface area contributed by atoms with Crippen LogP contribution in [0.4, 0.5) is 11.4 Å². The summed E-state index contributed by atoms with van der Waals surface area (Å²) in [6, 6.07) is 10.8. The Morgan fingerprint density at radius 1 is 1.20 bits per heavy atom. The second-order valence-electron chi connectivity index (χ2n) is 5.71. The van der Waals surface area contributed by atoms with Gasteiger partial charge in [-0.2, -0.15) is 0 Å². The normalized spacial score (nSPS) is 14.1. The lowest BCUT2D eigenvalue weighted by atomic mass is 10.2. The third kappa shape index (κ3) is 4.06. The predicted octanol–water partition coefficient (Wildman–Crippen LogP) is 1.62. The van der Waals surface area contributed by atoms with E-state index in [4.69, 9.17) is 4.74 Å². The van der Waals surface area contributed by atoms with Gasteiger partial charge in [0.2, 0.25) is 6.41 Å². The number of nitrogens with one attached hydrogen (secondary N) is 1. The highest BCUT2D eigenvalue weighted by atomic mass is 16.5. The van der Waals surface area contributed by atoms with E-state index >= 15 is 0 Å². The number of hydrogen-bond donors (Lipinski definition) is 1. The molecule has 2 amide bonds. The van der Waals surface area contributed by atoms with E-state index in [-0.39, 0.29) is 5.91 Å². The Labute approximate surface area is 146 Å². The molecular weight excluding hydrogens is 320 g/mol. The molecule has 1 aromatic heterocycles. The largest absolute Gasteiger partial charge is 0.497 e. The summed E-state index contributed by atoms with van der Waals surface area (Å²) < 4.78 is 5.16. The predicted molar refractivity (Wildman–Crippen MR) is 95.0 cm³/mol. The number of aromatic nitrogens is 1. The fourth-order valence-electron chi connectivity index (χ4n) is 2.72. The van der Waals surface area contributed by atoms with Gasteiger partial charge in [-0.3, -0.25) is 14.6 Å². The van der Waals surface area contributed by atoms with Crippen molar-refractivity contribution in [3.05, 3.63) is 48.3 Å². The van der Waals surface area contributed by atoms with Crippen LogP contribution in [-0.4, -0.2) is 55.5 Å². The molecule has 0 radical (unpaired) electrons. The van der Waals surface area contributed by atoms with Gasteiger partial charge in [0.15, 0.2) is 0 Å². The molecule has 1 N–H and O–H groups in total. The number of piperazine rings is 1. The molecule has 0 bridgehead atoms. The molecule has 0 spiro atoms. The summed E-state index contributed by atoms with van der Waals surface area (Å²) in [5.74, 6) is 0.397. The molecule has 7 heteroatoms. The summed E-state index contributed by atoms with van der Waals surface area (Å²) in [5, 5.41) is 2.82. The quantitative estimate of drug-likeness (QED) is 0.837. The number of rotatable bonds is 5. The van der Waals surface area contributed by atoms with Crippen LogP contribution >= 0.6 is 0 Å². The molecule has 0 unspecified atom stereocenters. The number of nitrogens with zero attached hydrogens (tertiary/aromatic N) is 3. The smallest absolute Gasteiger partial charge is 0.274 e. The van der Waals surface area contributed by atoms with Crippen LogP contribution in [-0.2, 0) is 4.79 Å². The van der Waals surface area contributed by atoms with E-state index < -0.39 is 0 Å². The molecule has 1 aliphatic heterocycles. The molecule has 25 heavy (non-hydrogen) atoms. The van der Waals surface area contributed by atoms with Crippen molar-refractivity contribution in [2.24, 2.45) is 0 Å². The molecule has 1 fully saturated rings. The van der Waals surface area contributed by atoms with Gasteiger partial charge in [0.1, 0.15) is 11.4 Å². The van der Waals surface area contributed by atoms with Crippen LogP contribution in [0.5, 0.6) is 5.75 Å². The van der Waals surface area contributed by atoms with E-state index in [9.17, 15) is 9.59 Å². The maximum Gasteiger partial charge on any atom is 0.274 e. The molecule has 7 nitrogen and oxygen atoms in total. The minimum atomic E-state index is -0.276. The Bertz CT molecular complexity index is 757. The van der Waals surface area contributed by atoms with Crippen molar-refractivity contribution in [2.45, 2.75) is 0 Å². The molecule has 2 aromatic rings. The average Bonchev–Trinajstić information content (AvgIpc) is 2.68. The van der Waals surface area contributed by atoms with Gasteiger partial charge in [0.25, 0.3) is 5.91 Å². The monoisotopic (exact) mass is 340 g/mol. The third-order valence-electron chi connectivity index (χ3n) is 4.13. The van der Waals surface area contributed by atoms with Crippen molar-refractivity contribution in [2.75, 3.05) is 43.5 Å². The molecule has 1 saturated heterocycles. The van der Waals surface area contributed by atoms with Crippen LogP contribution < -0.4 is 15.0 Å². The van der Waals surface area contributed by atoms with Gasteiger partial charge in [-0.15, -0.1) is 0 Å². The number of pyridine rings is 1. The lowest BCUT2D eigenvalue weighted by Gasteiger charge is -2.34. The van der Waals surface area contributed by atoms with E-state index in [1.165, 1.54) is 0 Å². The first kappa shape index (κ1) is 16.8. The van der Waals surface area contributed by atoms with Gasteiger partial charge < -0.3 is 19.9 Å². The fraction of sp³-hybridized carbons (Fsp3) is 0.278. The Morgan fingerprint density at radius 3 is 2.72 bits per heavy atom. The van der Waals surface area contributed by atoms with Crippen LogP contribution in [0.25, 0.3) is 0 Å².